The predicted molar refractivity (Wildman–Crippen MR) is 67.5 cm³/mol. The largest absolute Gasteiger partial charge is 0.478 e. The van der Waals surface area contributed by atoms with Crippen LogP contribution in [0.15, 0.2) is 23.2 Å². The Labute approximate surface area is 108 Å². The van der Waals surface area contributed by atoms with E-state index in [1.807, 2.05) is 0 Å². The Balaban J connectivity index is 3.19. The Bertz CT molecular complexity index is 584. The molecule has 2 N–H and O–H groups in total. The van der Waals surface area contributed by atoms with Crippen molar-refractivity contribution in [1.82, 2.24) is 5.32 Å². The van der Waals surface area contributed by atoms with E-state index in [0.29, 0.717) is 10.9 Å². The van der Waals surface area contributed by atoms with Gasteiger partial charge < -0.3 is 5.11 Å². The average molecular weight is 260 g/mol. The number of nitrogens with zero attached hydrogens (tertiary/aromatic N) is 3. The van der Waals surface area contributed by atoms with Gasteiger partial charge in [0, 0.05) is 0 Å². The fourth-order valence-electron chi connectivity index (χ4n) is 1.17. The van der Waals surface area contributed by atoms with Crippen molar-refractivity contribution in [2.24, 2.45) is 4.99 Å². The minimum atomic E-state index is -1.16. The lowest BCUT2D eigenvalue weighted by molar-refractivity contribution is 0.0696. The quantitative estimate of drug-likeness (QED) is 0.362. The van der Waals surface area contributed by atoms with Gasteiger partial charge in [0.25, 0.3) is 0 Å². The summed E-state index contributed by atoms with van der Waals surface area (Å²) in [6, 6.07) is 5.94. The fourth-order valence-corrected chi connectivity index (χ4v) is 1.51. The zero-order chi connectivity index (χ0) is 13.5. The fraction of sp³-hybridized carbons (Fsp3) is 0.0909. The number of carbonyl (C=O) groups is 1. The third-order valence-corrected chi connectivity index (χ3v) is 2.52. The number of aromatic carboxylic acids is 1. The van der Waals surface area contributed by atoms with Crippen molar-refractivity contribution in [3.63, 3.8) is 0 Å². The zero-order valence-electron chi connectivity index (χ0n) is 9.34. The number of aliphatic imine (C=N–C) groups is 1. The van der Waals surface area contributed by atoms with Gasteiger partial charge in [0.15, 0.2) is 11.4 Å². The van der Waals surface area contributed by atoms with Crippen LogP contribution in [0.25, 0.3) is 0 Å². The monoisotopic (exact) mass is 260 g/mol. The first-order valence-corrected chi connectivity index (χ1v) is 5.90. The molecule has 0 heterocycles. The van der Waals surface area contributed by atoms with Gasteiger partial charge in [-0.2, -0.15) is 10.5 Å². The van der Waals surface area contributed by atoms with Crippen LogP contribution in [0, 0.1) is 22.8 Å². The second-order valence-corrected chi connectivity index (χ2v) is 3.80. The lowest BCUT2D eigenvalue weighted by atomic mass is 10.1. The molecule has 0 saturated carbocycles. The predicted octanol–water partition coefficient (Wildman–Crippen LogP) is 1.68. The Hall–Kier alpha value is -2.51. The molecular formula is C11H8N4O2S. The van der Waals surface area contributed by atoms with E-state index in [4.69, 9.17) is 15.6 Å². The summed E-state index contributed by atoms with van der Waals surface area (Å²) < 4.78 is 0. The van der Waals surface area contributed by atoms with E-state index < -0.39 is 5.97 Å². The van der Waals surface area contributed by atoms with E-state index in [9.17, 15) is 4.79 Å². The van der Waals surface area contributed by atoms with Crippen LogP contribution in [0.3, 0.4) is 0 Å². The van der Waals surface area contributed by atoms with Crippen molar-refractivity contribution in [2.45, 2.75) is 0 Å². The first kappa shape index (κ1) is 13.6. The van der Waals surface area contributed by atoms with Crippen LogP contribution >= 0.6 is 11.8 Å². The minimum absolute atomic E-state index is 0.0289. The molecule has 0 bridgehead atoms. The smallest absolute Gasteiger partial charge is 0.337 e. The topological polar surface area (TPSA) is 109 Å². The van der Waals surface area contributed by atoms with Gasteiger partial charge in [-0.1, -0.05) is 11.8 Å². The highest BCUT2D eigenvalue weighted by Gasteiger charge is 2.10. The number of carboxylic acids is 1. The van der Waals surface area contributed by atoms with Gasteiger partial charge in [-0.05, 0) is 24.5 Å². The molecule has 0 aliphatic heterocycles. The van der Waals surface area contributed by atoms with Crippen LogP contribution in [-0.4, -0.2) is 22.5 Å². The molecule has 18 heavy (non-hydrogen) atoms. The Morgan fingerprint density at radius 2 is 2.22 bits per heavy atom. The summed E-state index contributed by atoms with van der Waals surface area (Å²) in [5.41, 5.74) is 0.361. The second-order valence-electron chi connectivity index (χ2n) is 3.00. The van der Waals surface area contributed by atoms with E-state index in [2.05, 4.69) is 10.3 Å². The summed E-state index contributed by atoms with van der Waals surface area (Å²) in [5, 5.41) is 28.9. The molecule has 90 valence electrons. The lowest BCUT2D eigenvalue weighted by Gasteiger charge is -2.02. The maximum absolute atomic E-state index is 10.8. The van der Waals surface area contributed by atoms with Crippen molar-refractivity contribution < 1.29 is 9.90 Å². The number of thioether (sulfide) groups is 1. The number of benzene rings is 1. The molecule has 7 heteroatoms. The molecule has 0 aliphatic carbocycles. The van der Waals surface area contributed by atoms with Gasteiger partial charge in [-0.25, -0.2) is 9.79 Å². The SMILES string of the molecule is CSC(=Nc1ccc(C(=O)O)c(C#N)c1)NC#N. The number of carboxylic acid groups (broad SMARTS) is 1. The highest BCUT2D eigenvalue weighted by molar-refractivity contribution is 8.13. The maximum atomic E-state index is 10.8. The van der Waals surface area contributed by atoms with Crippen molar-refractivity contribution in [1.29, 1.82) is 10.5 Å². The van der Waals surface area contributed by atoms with Crippen molar-refractivity contribution in [2.75, 3.05) is 6.26 Å². The highest BCUT2D eigenvalue weighted by Crippen LogP contribution is 2.19. The van der Waals surface area contributed by atoms with Gasteiger partial charge in [-0.15, -0.1) is 0 Å². The summed E-state index contributed by atoms with van der Waals surface area (Å²) >= 11 is 1.23. The summed E-state index contributed by atoms with van der Waals surface area (Å²) in [7, 11) is 0. The Morgan fingerprint density at radius 3 is 2.72 bits per heavy atom. The number of amidine groups is 1. The number of nitrogens with one attached hydrogen (secondary N) is 1. The van der Waals surface area contributed by atoms with Crippen molar-refractivity contribution >= 4 is 28.6 Å². The maximum Gasteiger partial charge on any atom is 0.337 e. The first-order valence-electron chi connectivity index (χ1n) is 4.67. The standard InChI is InChI=1S/C11H8N4O2S/c1-18-11(14-6-13)15-8-2-3-9(10(16)17)7(4-8)5-12/h2-4H,1H3,(H,14,15)(H,16,17). The third kappa shape index (κ3) is 3.24. The molecule has 0 radical (unpaired) electrons. The minimum Gasteiger partial charge on any atom is -0.478 e. The molecule has 1 aromatic rings. The van der Waals surface area contributed by atoms with Crippen molar-refractivity contribution in [3.05, 3.63) is 29.3 Å². The van der Waals surface area contributed by atoms with Crippen LogP contribution in [0.5, 0.6) is 0 Å². The third-order valence-electron chi connectivity index (χ3n) is 1.94. The van der Waals surface area contributed by atoms with E-state index in [1.54, 1.807) is 18.5 Å². The van der Waals surface area contributed by atoms with Gasteiger partial charge >= 0.3 is 5.97 Å². The number of rotatable bonds is 2. The number of hydrogen-bond donors (Lipinski definition) is 2. The van der Waals surface area contributed by atoms with E-state index in [1.165, 1.54) is 30.0 Å². The molecule has 0 saturated heterocycles. The molecule has 6 nitrogen and oxygen atoms in total. The number of hydrogen-bond acceptors (Lipinski definition) is 5. The molecule has 0 fully saturated rings. The Kier molecular flexibility index (Phi) is 4.73. The van der Waals surface area contributed by atoms with Crippen LogP contribution < -0.4 is 5.32 Å². The lowest BCUT2D eigenvalue weighted by Crippen LogP contribution is -2.12. The molecular weight excluding hydrogens is 252 g/mol. The molecule has 1 aromatic carbocycles. The van der Waals surface area contributed by atoms with E-state index in [0.717, 1.165) is 0 Å². The van der Waals surface area contributed by atoms with Crippen LogP contribution in [0.2, 0.25) is 0 Å². The molecule has 0 unspecified atom stereocenters. The zero-order valence-corrected chi connectivity index (χ0v) is 10.2. The van der Waals surface area contributed by atoms with Crippen LogP contribution in [-0.2, 0) is 0 Å². The van der Waals surface area contributed by atoms with Crippen molar-refractivity contribution in [3.8, 4) is 12.3 Å². The van der Waals surface area contributed by atoms with Gasteiger partial charge in [0.05, 0.1) is 16.8 Å². The van der Waals surface area contributed by atoms with E-state index in [-0.39, 0.29) is 11.1 Å². The van der Waals surface area contributed by atoms with E-state index >= 15 is 0 Å². The second kappa shape index (κ2) is 6.28. The summed E-state index contributed by atoms with van der Waals surface area (Å²) in [6.07, 6.45) is 3.47. The van der Waals surface area contributed by atoms with Gasteiger partial charge in [0.1, 0.15) is 6.07 Å². The summed E-state index contributed by atoms with van der Waals surface area (Å²) in [5.74, 6) is -1.16. The highest BCUT2D eigenvalue weighted by atomic mass is 32.2. The van der Waals surface area contributed by atoms with Gasteiger partial charge in [0.2, 0.25) is 0 Å². The molecule has 0 amide bonds. The van der Waals surface area contributed by atoms with Crippen LogP contribution in [0.4, 0.5) is 5.69 Å². The molecule has 0 spiro atoms. The molecule has 0 aromatic heterocycles. The van der Waals surface area contributed by atoms with Crippen LogP contribution in [0.1, 0.15) is 15.9 Å². The van der Waals surface area contributed by atoms with Gasteiger partial charge in [-0.3, -0.25) is 5.32 Å². The molecule has 0 aliphatic rings. The molecule has 1 rings (SSSR count). The number of nitriles is 2. The first-order chi connectivity index (χ1) is 8.62. The summed E-state index contributed by atoms with van der Waals surface area (Å²) in [4.78, 5) is 14.9. The average Bonchev–Trinajstić information content (AvgIpc) is 2.37. The molecule has 0 atom stereocenters. The normalized spacial score (nSPS) is 10.3. The Morgan fingerprint density at radius 1 is 1.50 bits per heavy atom. The summed E-state index contributed by atoms with van der Waals surface area (Å²) in [6.45, 7) is 0.